The third-order valence-corrected chi connectivity index (χ3v) is 3.45. The van der Waals surface area contributed by atoms with Gasteiger partial charge in [-0.15, -0.1) is 0 Å². The van der Waals surface area contributed by atoms with Gasteiger partial charge in [0.25, 0.3) is 11.8 Å². The summed E-state index contributed by atoms with van der Waals surface area (Å²) in [6.45, 7) is 9.76. The van der Waals surface area contributed by atoms with Crippen molar-refractivity contribution in [3.63, 3.8) is 0 Å². The highest BCUT2D eigenvalue weighted by atomic mass is 16.2. The summed E-state index contributed by atoms with van der Waals surface area (Å²) >= 11 is 0. The molecule has 0 N–H and O–H groups in total. The van der Waals surface area contributed by atoms with E-state index in [-0.39, 0.29) is 11.8 Å². The molecular formula is C16H22N2O2. The van der Waals surface area contributed by atoms with Crippen molar-refractivity contribution in [1.29, 1.82) is 0 Å². The van der Waals surface area contributed by atoms with E-state index in [0.29, 0.717) is 6.54 Å². The van der Waals surface area contributed by atoms with Gasteiger partial charge in [-0.2, -0.15) is 5.01 Å². The number of rotatable bonds is 1. The molecular weight excluding hydrogens is 252 g/mol. The number of amides is 2. The smallest absolute Gasteiger partial charge is 0.255 e. The maximum Gasteiger partial charge on any atom is 0.255 e. The first-order chi connectivity index (χ1) is 9.14. The fraction of sp³-hybridized carbons (Fsp3) is 0.500. The zero-order valence-electron chi connectivity index (χ0n) is 12.8. The van der Waals surface area contributed by atoms with Crippen LogP contribution in [0.1, 0.15) is 34.6 Å². The van der Waals surface area contributed by atoms with Gasteiger partial charge in [-0.1, -0.05) is 39.0 Å². The summed E-state index contributed by atoms with van der Waals surface area (Å²) in [5, 5.41) is 3.10. The maximum absolute atomic E-state index is 12.6. The number of hydrazine groups is 1. The van der Waals surface area contributed by atoms with Crippen LogP contribution in [0.25, 0.3) is 0 Å². The van der Waals surface area contributed by atoms with E-state index in [9.17, 15) is 9.59 Å². The van der Waals surface area contributed by atoms with Crippen LogP contribution in [0.3, 0.4) is 0 Å². The molecule has 0 aliphatic carbocycles. The molecule has 0 spiro atoms. The summed E-state index contributed by atoms with van der Waals surface area (Å²) in [5.74, 6) is -0.307. The van der Waals surface area contributed by atoms with Crippen LogP contribution >= 0.6 is 0 Å². The van der Waals surface area contributed by atoms with Crippen molar-refractivity contribution < 1.29 is 9.59 Å². The fourth-order valence-electron chi connectivity index (χ4n) is 2.24. The first-order valence-corrected chi connectivity index (χ1v) is 6.86. The van der Waals surface area contributed by atoms with Crippen molar-refractivity contribution in [2.24, 2.45) is 10.8 Å². The molecule has 108 valence electrons. The van der Waals surface area contributed by atoms with Gasteiger partial charge in [0.05, 0.1) is 17.6 Å². The van der Waals surface area contributed by atoms with Crippen LogP contribution in [-0.4, -0.2) is 23.4 Å². The number of carbonyl (C=O) groups excluding carboxylic acids is 2. The predicted molar refractivity (Wildman–Crippen MR) is 78.9 cm³/mol. The summed E-state index contributed by atoms with van der Waals surface area (Å²) in [6, 6.07) is 9.56. The van der Waals surface area contributed by atoms with Crippen LogP contribution in [0, 0.1) is 10.8 Å². The highest BCUT2D eigenvalue weighted by molar-refractivity contribution is 6.03. The van der Waals surface area contributed by atoms with Gasteiger partial charge in [0.1, 0.15) is 0 Å². The Bertz CT molecular complexity index is 529. The SMILES string of the molecule is CC(C)(C)C(=O)N1C(=O)C(C)(C)CN1c1ccccc1. The van der Waals surface area contributed by atoms with Gasteiger partial charge in [0.2, 0.25) is 0 Å². The van der Waals surface area contributed by atoms with E-state index in [0.717, 1.165) is 5.69 Å². The lowest BCUT2D eigenvalue weighted by molar-refractivity contribution is -0.150. The minimum Gasteiger partial charge on any atom is -0.275 e. The molecule has 1 fully saturated rings. The number of hydrogen-bond acceptors (Lipinski definition) is 3. The van der Waals surface area contributed by atoms with Crippen LogP contribution in [0.15, 0.2) is 30.3 Å². The average Bonchev–Trinajstić information content (AvgIpc) is 2.60. The molecule has 0 aromatic heterocycles. The Balaban J connectivity index is 2.45. The zero-order chi connectivity index (χ0) is 15.1. The van der Waals surface area contributed by atoms with Crippen LogP contribution < -0.4 is 5.01 Å². The minimum absolute atomic E-state index is 0.138. The number of anilines is 1. The molecule has 0 saturated carbocycles. The molecule has 4 heteroatoms. The molecule has 20 heavy (non-hydrogen) atoms. The molecule has 1 aromatic rings. The Morgan fingerprint density at radius 3 is 2.20 bits per heavy atom. The third kappa shape index (κ3) is 2.42. The lowest BCUT2D eigenvalue weighted by Crippen LogP contribution is -2.49. The van der Waals surface area contributed by atoms with Gasteiger partial charge in [0.15, 0.2) is 0 Å². The monoisotopic (exact) mass is 274 g/mol. The lowest BCUT2D eigenvalue weighted by atomic mass is 9.92. The number of nitrogens with zero attached hydrogens (tertiary/aromatic N) is 2. The largest absolute Gasteiger partial charge is 0.275 e. The first-order valence-electron chi connectivity index (χ1n) is 6.86. The van der Waals surface area contributed by atoms with Gasteiger partial charge in [-0.05, 0) is 26.0 Å². The number of carbonyl (C=O) groups is 2. The normalized spacial score (nSPS) is 18.6. The number of imide groups is 1. The molecule has 0 unspecified atom stereocenters. The molecule has 1 aromatic carbocycles. The number of benzene rings is 1. The van der Waals surface area contributed by atoms with E-state index in [2.05, 4.69) is 0 Å². The molecule has 0 radical (unpaired) electrons. The molecule has 1 aliphatic rings. The van der Waals surface area contributed by atoms with Crippen LogP contribution in [0.2, 0.25) is 0 Å². The van der Waals surface area contributed by atoms with Crippen LogP contribution in [-0.2, 0) is 9.59 Å². The standard InChI is InChI=1S/C16H22N2O2/c1-15(2,3)13(19)18-14(20)16(4,5)11-17(18)12-9-7-6-8-10-12/h6-10H,11H2,1-5H3. The van der Waals surface area contributed by atoms with Gasteiger partial charge in [-0.25, -0.2) is 0 Å². The second-order valence-electron chi connectivity index (χ2n) is 6.95. The van der Waals surface area contributed by atoms with Gasteiger partial charge in [0, 0.05) is 5.41 Å². The highest BCUT2D eigenvalue weighted by Crippen LogP contribution is 2.35. The lowest BCUT2D eigenvalue weighted by Gasteiger charge is -2.32. The maximum atomic E-state index is 12.6. The highest BCUT2D eigenvalue weighted by Gasteiger charge is 2.49. The van der Waals surface area contributed by atoms with Crippen molar-refractivity contribution in [3.05, 3.63) is 30.3 Å². The quantitative estimate of drug-likeness (QED) is 0.790. The fourth-order valence-corrected chi connectivity index (χ4v) is 2.24. The summed E-state index contributed by atoms with van der Waals surface area (Å²) in [4.78, 5) is 25.2. The van der Waals surface area contributed by atoms with Crippen molar-refractivity contribution in [1.82, 2.24) is 5.01 Å². The van der Waals surface area contributed by atoms with Gasteiger partial charge >= 0.3 is 0 Å². The molecule has 1 aliphatic heterocycles. The van der Waals surface area contributed by atoms with Crippen molar-refractivity contribution in [3.8, 4) is 0 Å². The topological polar surface area (TPSA) is 40.6 Å². The third-order valence-electron chi connectivity index (χ3n) is 3.45. The number of para-hydroxylation sites is 1. The molecule has 2 amide bonds. The number of hydrogen-bond donors (Lipinski definition) is 0. The van der Waals surface area contributed by atoms with E-state index >= 15 is 0 Å². The summed E-state index contributed by atoms with van der Waals surface area (Å²) in [7, 11) is 0. The van der Waals surface area contributed by atoms with Gasteiger partial charge < -0.3 is 0 Å². The minimum atomic E-state index is -0.594. The Hall–Kier alpha value is -1.84. The molecule has 1 heterocycles. The van der Waals surface area contributed by atoms with Crippen molar-refractivity contribution in [2.75, 3.05) is 11.6 Å². The second-order valence-corrected chi connectivity index (χ2v) is 6.95. The molecule has 0 atom stereocenters. The molecule has 4 nitrogen and oxygen atoms in total. The first kappa shape index (κ1) is 14.6. The summed E-state index contributed by atoms with van der Waals surface area (Å²) in [6.07, 6.45) is 0. The van der Waals surface area contributed by atoms with E-state index in [1.54, 1.807) is 5.01 Å². The molecule has 2 rings (SSSR count). The van der Waals surface area contributed by atoms with E-state index in [1.807, 2.05) is 65.0 Å². The van der Waals surface area contributed by atoms with E-state index in [4.69, 9.17) is 0 Å². The Kier molecular flexibility index (Phi) is 3.36. The average molecular weight is 274 g/mol. The Labute approximate surface area is 120 Å². The van der Waals surface area contributed by atoms with Crippen LogP contribution in [0.5, 0.6) is 0 Å². The van der Waals surface area contributed by atoms with Crippen LogP contribution in [0.4, 0.5) is 5.69 Å². The van der Waals surface area contributed by atoms with Gasteiger partial charge in [-0.3, -0.25) is 14.6 Å². The molecule has 0 bridgehead atoms. The van der Waals surface area contributed by atoms with E-state index in [1.165, 1.54) is 5.01 Å². The zero-order valence-corrected chi connectivity index (χ0v) is 12.8. The molecule has 1 saturated heterocycles. The second kappa shape index (κ2) is 4.62. The Morgan fingerprint density at radius 1 is 1.15 bits per heavy atom. The summed E-state index contributed by atoms with van der Waals surface area (Å²) < 4.78 is 0. The van der Waals surface area contributed by atoms with E-state index < -0.39 is 10.8 Å². The van der Waals surface area contributed by atoms with Crippen molar-refractivity contribution >= 4 is 17.5 Å². The summed E-state index contributed by atoms with van der Waals surface area (Å²) in [5.41, 5.74) is -0.288. The Morgan fingerprint density at radius 2 is 1.70 bits per heavy atom. The van der Waals surface area contributed by atoms with Crippen molar-refractivity contribution in [2.45, 2.75) is 34.6 Å². The predicted octanol–water partition coefficient (Wildman–Crippen LogP) is 2.85.